The Balaban J connectivity index is 1.51. The molecule has 1 aromatic heterocycles. The van der Waals surface area contributed by atoms with E-state index in [1.54, 1.807) is 12.3 Å². The first-order chi connectivity index (χ1) is 13.0. The first kappa shape index (κ1) is 17.5. The Morgan fingerprint density at radius 2 is 2.00 bits per heavy atom. The fourth-order valence-electron chi connectivity index (χ4n) is 3.32. The molecule has 0 radical (unpaired) electrons. The zero-order valence-electron chi connectivity index (χ0n) is 15.4. The lowest BCUT2D eigenvalue weighted by atomic mass is 10.0. The quantitative estimate of drug-likeness (QED) is 0.760. The molecule has 6 nitrogen and oxygen atoms in total. The van der Waals surface area contributed by atoms with Crippen molar-refractivity contribution in [1.82, 2.24) is 5.01 Å². The molecule has 2 aliphatic rings. The predicted octanol–water partition coefficient (Wildman–Crippen LogP) is 3.46. The van der Waals surface area contributed by atoms with Crippen molar-refractivity contribution in [2.45, 2.75) is 32.7 Å². The molecule has 0 saturated heterocycles. The number of hydrogen-bond donors (Lipinski definition) is 0. The molecular weight excluding hydrogens is 344 g/mol. The lowest BCUT2D eigenvalue weighted by Gasteiger charge is -2.19. The molecule has 3 atom stereocenters. The third kappa shape index (κ3) is 3.65. The van der Waals surface area contributed by atoms with Crippen LogP contribution in [0.1, 0.15) is 42.7 Å². The van der Waals surface area contributed by atoms with E-state index in [1.807, 2.05) is 44.2 Å². The molecule has 0 unspecified atom stereocenters. The predicted molar refractivity (Wildman–Crippen MR) is 98.9 cm³/mol. The first-order valence-electron chi connectivity index (χ1n) is 9.19. The van der Waals surface area contributed by atoms with Crippen molar-refractivity contribution in [2.75, 3.05) is 6.61 Å². The van der Waals surface area contributed by atoms with Crippen LogP contribution < -0.4 is 0 Å². The SMILES string of the molecule is Cc1ccc(C2=NN(C(=O)COC(=O)[C@H]3C[C@@H]3C)[C@H](c3ccco3)C2)cc1. The maximum absolute atomic E-state index is 12.7. The topological polar surface area (TPSA) is 72.1 Å². The van der Waals surface area contributed by atoms with E-state index in [9.17, 15) is 9.59 Å². The molecule has 0 N–H and O–H groups in total. The van der Waals surface area contributed by atoms with Crippen LogP contribution in [0.15, 0.2) is 52.2 Å². The van der Waals surface area contributed by atoms with Gasteiger partial charge in [0.2, 0.25) is 0 Å². The van der Waals surface area contributed by atoms with E-state index in [4.69, 9.17) is 9.15 Å². The number of rotatable bonds is 5. The number of hydrogen-bond acceptors (Lipinski definition) is 5. The van der Waals surface area contributed by atoms with Gasteiger partial charge in [-0.25, -0.2) is 5.01 Å². The number of carbonyl (C=O) groups is 2. The van der Waals surface area contributed by atoms with Gasteiger partial charge in [-0.2, -0.15) is 5.10 Å². The third-order valence-corrected chi connectivity index (χ3v) is 5.17. The molecule has 1 aliphatic carbocycles. The first-order valence-corrected chi connectivity index (χ1v) is 9.19. The monoisotopic (exact) mass is 366 g/mol. The van der Waals surface area contributed by atoms with Gasteiger partial charge in [0.25, 0.3) is 5.91 Å². The minimum Gasteiger partial charge on any atom is -0.467 e. The van der Waals surface area contributed by atoms with Crippen molar-refractivity contribution >= 4 is 17.6 Å². The Hall–Kier alpha value is -2.89. The molecule has 2 heterocycles. The van der Waals surface area contributed by atoms with Crippen LogP contribution in [0.5, 0.6) is 0 Å². The fraction of sp³-hybridized carbons (Fsp3) is 0.381. The van der Waals surface area contributed by atoms with Gasteiger partial charge in [-0.05, 0) is 37.0 Å². The largest absolute Gasteiger partial charge is 0.467 e. The molecule has 1 aromatic carbocycles. The van der Waals surface area contributed by atoms with Crippen molar-refractivity contribution in [3.05, 3.63) is 59.5 Å². The van der Waals surface area contributed by atoms with Crippen LogP contribution in [0.2, 0.25) is 0 Å². The standard InChI is InChI=1S/C21H22N2O4/c1-13-5-7-15(8-6-13)17-11-18(19-4-3-9-26-19)23(22-17)20(24)12-27-21(25)16-10-14(16)2/h3-9,14,16,18H,10-12H2,1-2H3/t14-,16-,18-/m0/s1. The van der Waals surface area contributed by atoms with Gasteiger partial charge in [0, 0.05) is 6.42 Å². The molecule has 1 saturated carbocycles. The summed E-state index contributed by atoms with van der Waals surface area (Å²) in [5.41, 5.74) is 2.94. The molecule has 6 heteroatoms. The summed E-state index contributed by atoms with van der Waals surface area (Å²) >= 11 is 0. The van der Waals surface area contributed by atoms with Crippen molar-refractivity contribution in [2.24, 2.45) is 16.9 Å². The van der Waals surface area contributed by atoms with Gasteiger partial charge in [-0.1, -0.05) is 36.8 Å². The van der Waals surface area contributed by atoms with Gasteiger partial charge in [0.05, 0.1) is 17.9 Å². The molecular formula is C21H22N2O4. The molecule has 27 heavy (non-hydrogen) atoms. The summed E-state index contributed by atoms with van der Waals surface area (Å²) in [5.74, 6) is 0.300. The third-order valence-electron chi connectivity index (χ3n) is 5.17. The minimum absolute atomic E-state index is 0.0659. The molecule has 2 aromatic rings. The fourth-order valence-corrected chi connectivity index (χ4v) is 3.32. The van der Waals surface area contributed by atoms with Crippen LogP contribution in [-0.4, -0.2) is 29.2 Å². The molecule has 1 aliphatic heterocycles. The highest BCUT2D eigenvalue weighted by Gasteiger charge is 2.41. The van der Waals surface area contributed by atoms with Crippen LogP contribution >= 0.6 is 0 Å². The number of amides is 1. The van der Waals surface area contributed by atoms with Gasteiger partial charge in [0.15, 0.2) is 6.61 Å². The number of esters is 1. The zero-order chi connectivity index (χ0) is 19.0. The lowest BCUT2D eigenvalue weighted by Crippen LogP contribution is -2.31. The number of aryl methyl sites for hydroxylation is 1. The number of nitrogens with zero attached hydrogens (tertiary/aromatic N) is 2. The molecule has 0 spiro atoms. The summed E-state index contributed by atoms with van der Waals surface area (Å²) in [7, 11) is 0. The van der Waals surface area contributed by atoms with Gasteiger partial charge in [-0.3, -0.25) is 9.59 Å². The van der Waals surface area contributed by atoms with Crippen molar-refractivity contribution in [1.29, 1.82) is 0 Å². The average Bonchev–Trinajstić information content (AvgIpc) is 3.08. The normalized spacial score (nSPS) is 23.9. The Bertz CT molecular complexity index is 870. The molecule has 1 amide bonds. The van der Waals surface area contributed by atoms with E-state index >= 15 is 0 Å². The number of benzene rings is 1. The zero-order valence-corrected chi connectivity index (χ0v) is 15.4. The highest BCUT2D eigenvalue weighted by Crippen LogP contribution is 2.38. The molecule has 1 fully saturated rings. The van der Waals surface area contributed by atoms with Crippen molar-refractivity contribution < 1.29 is 18.7 Å². The summed E-state index contributed by atoms with van der Waals surface area (Å²) in [6, 6.07) is 11.3. The molecule has 0 bridgehead atoms. The Morgan fingerprint density at radius 1 is 1.26 bits per heavy atom. The van der Waals surface area contributed by atoms with E-state index in [0.717, 1.165) is 23.3 Å². The molecule has 4 rings (SSSR count). The van der Waals surface area contributed by atoms with Crippen LogP contribution in [0.4, 0.5) is 0 Å². The summed E-state index contributed by atoms with van der Waals surface area (Å²) < 4.78 is 10.7. The van der Waals surface area contributed by atoms with E-state index in [0.29, 0.717) is 18.1 Å². The van der Waals surface area contributed by atoms with E-state index in [-0.39, 0.29) is 30.4 Å². The highest BCUT2D eigenvalue weighted by molar-refractivity contribution is 6.03. The van der Waals surface area contributed by atoms with Gasteiger partial charge < -0.3 is 9.15 Å². The van der Waals surface area contributed by atoms with Gasteiger partial charge >= 0.3 is 5.97 Å². The maximum Gasteiger partial charge on any atom is 0.309 e. The summed E-state index contributed by atoms with van der Waals surface area (Å²) in [4.78, 5) is 24.6. The van der Waals surface area contributed by atoms with E-state index < -0.39 is 0 Å². The Kier molecular flexibility index (Phi) is 4.56. The second-order valence-electron chi connectivity index (χ2n) is 7.31. The second kappa shape index (κ2) is 7.02. The Morgan fingerprint density at radius 3 is 2.63 bits per heavy atom. The minimum atomic E-state index is -0.347. The lowest BCUT2D eigenvalue weighted by molar-refractivity contribution is -0.154. The van der Waals surface area contributed by atoms with Crippen LogP contribution in [0.25, 0.3) is 0 Å². The number of carbonyl (C=O) groups excluding carboxylic acids is 2. The van der Waals surface area contributed by atoms with Crippen LogP contribution in [0.3, 0.4) is 0 Å². The van der Waals surface area contributed by atoms with Crippen molar-refractivity contribution in [3.8, 4) is 0 Å². The summed E-state index contributed by atoms with van der Waals surface area (Å²) in [6.45, 7) is 3.72. The van der Waals surface area contributed by atoms with Gasteiger partial charge in [-0.15, -0.1) is 0 Å². The second-order valence-corrected chi connectivity index (χ2v) is 7.31. The summed E-state index contributed by atoms with van der Waals surface area (Å²) in [5, 5.41) is 5.91. The average molecular weight is 366 g/mol. The van der Waals surface area contributed by atoms with Crippen LogP contribution in [-0.2, 0) is 14.3 Å². The van der Waals surface area contributed by atoms with Crippen molar-refractivity contribution in [3.63, 3.8) is 0 Å². The number of hydrazone groups is 1. The van der Waals surface area contributed by atoms with E-state index in [1.165, 1.54) is 5.01 Å². The smallest absolute Gasteiger partial charge is 0.309 e. The van der Waals surface area contributed by atoms with E-state index in [2.05, 4.69) is 5.10 Å². The molecule has 140 valence electrons. The number of furan rings is 1. The number of ether oxygens (including phenoxy) is 1. The summed E-state index contributed by atoms with van der Waals surface area (Å²) in [6.07, 6.45) is 2.97. The van der Waals surface area contributed by atoms with Crippen LogP contribution in [0, 0.1) is 18.8 Å². The maximum atomic E-state index is 12.7. The Labute approximate surface area is 157 Å². The van der Waals surface area contributed by atoms with Gasteiger partial charge in [0.1, 0.15) is 11.8 Å². The highest BCUT2D eigenvalue weighted by atomic mass is 16.5.